The zero-order chi connectivity index (χ0) is 23.4. The number of sulfonamides is 1. The van der Waals surface area contributed by atoms with Gasteiger partial charge in [0.25, 0.3) is 0 Å². The van der Waals surface area contributed by atoms with E-state index in [1.807, 2.05) is 41.8 Å². The summed E-state index contributed by atoms with van der Waals surface area (Å²) in [5.41, 5.74) is 2.21. The molecule has 0 bridgehead atoms. The van der Waals surface area contributed by atoms with E-state index in [0.29, 0.717) is 43.5 Å². The van der Waals surface area contributed by atoms with Gasteiger partial charge in [0.15, 0.2) is 5.16 Å². The van der Waals surface area contributed by atoms with E-state index in [4.69, 9.17) is 14.5 Å². The first kappa shape index (κ1) is 23.7. The number of aromatic nitrogens is 2. The fraction of sp³-hybridized carbons (Fsp3) is 0.391. The molecular formula is C23H27N3O5S2. The maximum atomic E-state index is 13.1. The lowest BCUT2D eigenvalue weighted by molar-refractivity contribution is -0.142. The van der Waals surface area contributed by atoms with Crippen LogP contribution in [0.2, 0.25) is 0 Å². The van der Waals surface area contributed by atoms with Crippen LogP contribution in [0.1, 0.15) is 24.7 Å². The zero-order valence-corrected chi connectivity index (χ0v) is 20.3. The van der Waals surface area contributed by atoms with E-state index in [9.17, 15) is 13.2 Å². The molecule has 1 atom stereocenters. The average Bonchev–Trinajstić information content (AvgIpc) is 3.20. The molecule has 0 radical (unpaired) electrons. The molecule has 0 aliphatic carbocycles. The van der Waals surface area contributed by atoms with Gasteiger partial charge in [-0.25, -0.2) is 13.4 Å². The van der Waals surface area contributed by atoms with Crippen molar-refractivity contribution in [3.05, 3.63) is 54.1 Å². The first-order valence-corrected chi connectivity index (χ1v) is 13.2. The average molecular weight is 490 g/mol. The van der Waals surface area contributed by atoms with Crippen molar-refractivity contribution in [1.29, 1.82) is 0 Å². The van der Waals surface area contributed by atoms with Crippen molar-refractivity contribution in [3.8, 4) is 0 Å². The fourth-order valence-electron chi connectivity index (χ4n) is 3.78. The molecule has 0 N–H and O–H groups in total. The van der Waals surface area contributed by atoms with Crippen LogP contribution in [0.3, 0.4) is 0 Å². The van der Waals surface area contributed by atoms with Crippen LogP contribution in [0.15, 0.2) is 58.6 Å². The Hall–Kier alpha value is -2.40. The summed E-state index contributed by atoms with van der Waals surface area (Å²) < 4.78 is 40.2. The zero-order valence-electron chi connectivity index (χ0n) is 18.6. The number of hydrogen-bond acceptors (Lipinski definition) is 7. The largest absolute Gasteiger partial charge is 0.465 e. The van der Waals surface area contributed by atoms with E-state index in [0.717, 1.165) is 11.1 Å². The van der Waals surface area contributed by atoms with Crippen molar-refractivity contribution >= 4 is 38.8 Å². The van der Waals surface area contributed by atoms with E-state index in [2.05, 4.69) is 0 Å². The molecular weight excluding hydrogens is 462 g/mol. The molecule has 3 aromatic rings. The SMILES string of the molecule is CCOC(=O)C(Sc1nc2cc(S(=O)(=O)N3CCOCC3)ccc2n1CC)c1ccccc1. The molecule has 8 nitrogen and oxygen atoms in total. The number of fused-ring (bicyclic) bond motifs is 1. The number of carbonyl (C=O) groups excluding carboxylic acids is 1. The van der Waals surface area contributed by atoms with Crippen LogP contribution >= 0.6 is 11.8 Å². The first-order valence-electron chi connectivity index (χ1n) is 10.9. The highest BCUT2D eigenvalue weighted by Crippen LogP contribution is 2.37. The fourth-order valence-corrected chi connectivity index (χ4v) is 6.39. The van der Waals surface area contributed by atoms with E-state index < -0.39 is 15.3 Å². The molecule has 4 rings (SSSR count). The molecule has 1 fully saturated rings. The summed E-state index contributed by atoms with van der Waals surface area (Å²) in [6.45, 7) is 6.14. The number of nitrogens with zero attached hydrogens (tertiary/aromatic N) is 3. The Morgan fingerprint density at radius 2 is 1.88 bits per heavy atom. The number of esters is 1. The second-order valence-electron chi connectivity index (χ2n) is 7.47. The van der Waals surface area contributed by atoms with E-state index in [1.54, 1.807) is 25.1 Å². The first-order chi connectivity index (χ1) is 16.0. The maximum absolute atomic E-state index is 13.1. The molecule has 176 valence electrons. The quantitative estimate of drug-likeness (QED) is 0.353. The number of thioether (sulfide) groups is 1. The van der Waals surface area contributed by atoms with Crippen LogP contribution < -0.4 is 0 Å². The van der Waals surface area contributed by atoms with Crippen LogP contribution in [-0.2, 0) is 30.8 Å². The van der Waals surface area contributed by atoms with Gasteiger partial charge in [0.05, 0.1) is 35.7 Å². The normalized spacial score (nSPS) is 16.1. The van der Waals surface area contributed by atoms with E-state index in [-0.39, 0.29) is 17.5 Å². The minimum atomic E-state index is -3.63. The number of rotatable bonds is 8. The Morgan fingerprint density at radius 1 is 1.15 bits per heavy atom. The van der Waals surface area contributed by atoms with Gasteiger partial charge in [0.2, 0.25) is 10.0 Å². The number of carbonyl (C=O) groups is 1. The molecule has 0 spiro atoms. The van der Waals surface area contributed by atoms with Crippen LogP contribution in [-0.4, -0.2) is 61.2 Å². The molecule has 33 heavy (non-hydrogen) atoms. The van der Waals surface area contributed by atoms with Crippen molar-refractivity contribution in [2.24, 2.45) is 0 Å². The van der Waals surface area contributed by atoms with Gasteiger partial charge in [-0.15, -0.1) is 0 Å². The Kier molecular flexibility index (Phi) is 7.38. The third kappa shape index (κ3) is 4.93. The summed E-state index contributed by atoms with van der Waals surface area (Å²) in [4.78, 5) is 17.7. The van der Waals surface area contributed by atoms with E-state index in [1.165, 1.54) is 16.1 Å². The van der Waals surface area contributed by atoms with Gasteiger partial charge >= 0.3 is 5.97 Å². The summed E-state index contributed by atoms with van der Waals surface area (Å²) in [5, 5.41) is 0.0557. The standard InChI is InChI=1S/C23H27N3O5S2/c1-3-26-20-11-10-18(33(28,29)25-12-14-30-15-13-25)16-19(20)24-23(26)32-21(22(27)31-4-2)17-8-6-5-7-9-17/h5-11,16,21H,3-4,12-15H2,1-2H3. The second kappa shape index (κ2) is 10.3. The van der Waals surface area contributed by atoms with Gasteiger partial charge in [0.1, 0.15) is 5.25 Å². The van der Waals surface area contributed by atoms with Gasteiger partial charge < -0.3 is 14.0 Å². The topological polar surface area (TPSA) is 90.7 Å². The van der Waals surface area contributed by atoms with Crippen LogP contribution in [0.25, 0.3) is 11.0 Å². The number of benzene rings is 2. The Bertz CT molecular complexity index is 1220. The van der Waals surface area contributed by atoms with Crippen molar-refractivity contribution in [2.45, 2.75) is 35.7 Å². The molecule has 10 heteroatoms. The molecule has 2 heterocycles. The Morgan fingerprint density at radius 3 is 2.55 bits per heavy atom. The van der Waals surface area contributed by atoms with Gasteiger partial charge in [-0.3, -0.25) is 4.79 Å². The highest BCUT2D eigenvalue weighted by atomic mass is 32.2. The van der Waals surface area contributed by atoms with Crippen LogP contribution in [0, 0.1) is 0 Å². The van der Waals surface area contributed by atoms with Crippen LogP contribution in [0.4, 0.5) is 0 Å². The summed E-state index contributed by atoms with van der Waals surface area (Å²) in [6.07, 6.45) is 0. The van der Waals surface area contributed by atoms with Gasteiger partial charge in [-0.05, 0) is 37.6 Å². The summed E-state index contributed by atoms with van der Waals surface area (Å²) in [6, 6.07) is 14.5. The molecule has 1 aliphatic heterocycles. The lowest BCUT2D eigenvalue weighted by atomic mass is 10.1. The van der Waals surface area contributed by atoms with Crippen LogP contribution in [0.5, 0.6) is 0 Å². The predicted molar refractivity (Wildman–Crippen MR) is 127 cm³/mol. The third-order valence-electron chi connectivity index (χ3n) is 5.43. The van der Waals surface area contributed by atoms with Crippen molar-refractivity contribution in [1.82, 2.24) is 13.9 Å². The molecule has 1 saturated heterocycles. The molecule has 0 amide bonds. The number of ether oxygens (including phenoxy) is 2. The lowest BCUT2D eigenvalue weighted by Gasteiger charge is -2.26. The minimum Gasteiger partial charge on any atom is -0.465 e. The number of imidazole rings is 1. The highest BCUT2D eigenvalue weighted by Gasteiger charge is 2.29. The van der Waals surface area contributed by atoms with Gasteiger partial charge in [-0.1, -0.05) is 42.1 Å². The smallest absolute Gasteiger partial charge is 0.324 e. The van der Waals surface area contributed by atoms with E-state index >= 15 is 0 Å². The molecule has 1 unspecified atom stereocenters. The summed E-state index contributed by atoms with van der Waals surface area (Å²) >= 11 is 1.31. The van der Waals surface area contributed by atoms with Gasteiger partial charge in [0, 0.05) is 19.6 Å². The molecule has 0 saturated carbocycles. The second-order valence-corrected chi connectivity index (χ2v) is 10.5. The summed E-state index contributed by atoms with van der Waals surface area (Å²) in [5.74, 6) is -0.334. The number of aryl methyl sites for hydroxylation is 1. The third-order valence-corrected chi connectivity index (χ3v) is 8.55. The molecule has 1 aliphatic rings. The highest BCUT2D eigenvalue weighted by molar-refractivity contribution is 8.00. The summed E-state index contributed by atoms with van der Waals surface area (Å²) in [7, 11) is -3.63. The van der Waals surface area contributed by atoms with Crippen molar-refractivity contribution in [2.75, 3.05) is 32.9 Å². The van der Waals surface area contributed by atoms with Crippen molar-refractivity contribution < 1.29 is 22.7 Å². The maximum Gasteiger partial charge on any atom is 0.324 e. The number of morpholine rings is 1. The van der Waals surface area contributed by atoms with Crippen molar-refractivity contribution in [3.63, 3.8) is 0 Å². The lowest BCUT2D eigenvalue weighted by Crippen LogP contribution is -2.40. The molecule has 1 aromatic heterocycles. The monoisotopic (exact) mass is 489 g/mol. The minimum absolute atomic E-state index is 0.208. The predicted octanol–water partition coefficient (Wildman–Crippen LogP) is 3.47. The Labute approximate surface area is 197 Å². The van der Waals surface area contributed by atoms with Gasteiger partial charge in [-0.2, -0.15) is 4.31 Å². The number of hydrogen-bond donors (Lipinski definition) is 0. The Balaban J connectivity index is 1.71. The molecule has 2 aromatic carbocycles.